The Labute approximate surface area is 358 Å². The minimum atomic E-state index is 0.592. The number of para-hydroxylation sites is 2. The van der Waals surface area contributed by atoms with Gasteiger partial charge >= 0.3 is 0 Å². The third-order valence-electron chi connectivity index (χ3n) is 12.9. The van der Waals surface area contributed by atoms with Crippen molar-refractivity contribution < 1.29 is 4.42 Å². The number of hydrogen-bond donors (Lipinski definition) is 0. The van der Waals surface area contributed by atoms with Gasteiger partial charge in [-0.05, 0) is 64.7 Å². The second-order valence-corrected chi connectivity index (χ2v) is 16.1. The second kappa shape index (κ2) is 14.5. The zero-order valence-corrected chi connectivity index (χ0v) is 34.8. The molecule has 0 aliphatic heterocycles. The van der Waals surface area contributed by atoms with Crippen LogP contribution in [0.4, 0.5) is 0 Å². The highest BCUT2D eigenvalue weighted by molar-refractivity contribution is 6.68. The van der Waals surface area contributed by atoms with Crippen LogP contribution in [0.1, 0.15) is 0 Å². The molecule has 0 aliphatic rings. The Morgan fingerprint density at radius 1 is 0.377 bits per heavy atom. The summed E-state index contributed by atoms with van der Waals surface area (Å²) in [6.45, 7) is 0. The van der Waals surface area contributed by atoms with Crippen molar-refractivity contribution in [1.82, 2.24) is 19.5 Å². The Balaban J connectivity index is 1.09. The Kier molecular flexibility index (Phi) is 8.71. The fourth-order valence-corrected chi connectivity index (χ4v) is 9.35. The fourth-order valence-electron chi connectivity index (χ4n) is 9.35. The van der Waals surface area contributed by atoms with Crippen LogP contribution in [0.15, 0.2) is 168 Å². The average Bonchev–Trinajstić information content (AvgIpc) is 3.87. The zero-order chi connectivity index (χ0) is 41.4. The SMILES string of the molecule is Bc1c(B)c(B)c(-c2ccc(-c3nc(-c4ccccc4)nc(-c4cccc5oc6cccc(-c7ccc8c(c7)c7ccccc7n8-c7ccccc7)c6c45)n3)cc2)c(B)c1B. The van der Waals surface area contributed by atoms with E-state index in [9.17, 15) is 0 Å². The summed E-state index contributed by atoms with van der Waals surface area (Å²) in [5.41, 5.74) is 19.2. The van der Waals surface area contributed by atoms with Crippen LogP contribution in [0, 0.1) is 0 Å². The summed E-state index contributed by atoms with van der Waals surface area (Å²) in [5, 5.41) is 4.41. The zero-order valence-electron chi connectivity index (χ0n) is 34.8. The lowest BCUT2D eigenvalue weighted by atomic mass is 9.59. The molecule has 0 atom stereocenters. The normalized spacial score (nSPS) is 11.6. The van der Waals surface area contributed by atoms with Gasteiger partial charge in [0.25, 0.3) is 0 Å². The van der Waals surface area contributed by atoms with Crippen molar-refractivity contribution in [3.05, 3.63) is 164 Å². The molecule has 0 N–H and O–H groups in total. The fraction of sp³-hybridized carbons (Fsp3) is 0. The summed E-state index contributed by atoms with van der Waals surface area (Å²) in [4.78, 5) is 15.6. The van der Waals surface area contributed by atoms with Gasteiger partial charge in [0.1, 0.15) is 50.4 Å². The van der Waals surface area contributed by atoms with Gasteiger partial charge < -0.3 is 8.98 Å². The van der Waals surface area contributed by atoms with Crippen molar-refractivity contribution in [3.8, 4) is 62.1 Å². The second-order valence-electron chi connectivity index (χ2n) is 16.1. The molecule has 0 bridgehead atoms. The van der Waals surface area contributed by atoms with Gasteiger partial charge in [-0.2, -0.15) is 0 Å². The molecule has 282 valence electrons. The number of nitrogens with zero attached hydrogens (tertiary/aromatic N) is 4. The monoisotopic (exact) mass is 776 g/mol. The summed E-state index contributed by atoms with van der Waals surface area (Å²) >= 11 is 0. The van der Waals surface area contributed by atoms with Crippen LogP contribution in [0.5, 0.6) is 0 Å². The van der Waals surface area contributed by atoms with Gasteiger partial charge in [0.15, 0.2) is 17.5 Å². The third kappa shape index (κ3) is 5.96. The van der Waals surface area contributed by atoms with E-state index in [2.05, 4.69) is 177 Å². The van der Waals surface area contributed by atoms with Crippen LogP contribution in [0.25, 0.3) is 106 Å². The Morgan fingerprint density at radius 3 is 1.57 bits per heavy atom. The van der Waals surface area contributed by atoms with Gasteiger partial charge in [-0.25, -0.2) is 15.0 Å². The lowest BCUT2D eigenvalue weighted by Crippen LogP contribution is -2.55. The van der Waals surface area contributed by atoms with E-state index >= 15 is 0 Å². The third-order valence-corrected chi connectivity index (χ3v) is 12.9. The molecule has 0 saturated heterocycles. The van der Waals surface area contributed by atoms with Gasteiger partial charge in [-0.1, -0.05) is 132 Å². The van der Waals surface area contributed by atoms with Crippen molar-refractivity contribution >= 4 is 110 Å². The topological polar surface area (TPSA) is 56.7 Å². The number of fused-ring (bicyclic) bond motifs is 6. The van der Waals surface area contributed by atoms with Gasteiger partial charge in [-0.15, -0.1) is 16.4 Å². The molecule has 0 radical (unpaired) electrons. The van der Waals surface area contributed by atoms with E-state index in [0.717, 1.165) is 61.0 Å². The first-order valence-electron chi connectivity index (χ1n) is 20.9. The minimum Gasteiger partial charge on any atom is -0.456 e. The minimum absolute atomic E-state index is 0.592. The van der Waals surface area contributed by atoms with Crippen molar-refractivity contribution in [2.75, 3.05) is 0 Å². The molecule has 0 spiro atoms. The molecule has 5 nitrogen and oxygen atoms in total. The molecular formula is C51H37B5N4O. The molecule has 0 fully saturated rings. The number of rotatable bonds is 6. The predicted octanol–water partition coefficient (Wildman–Crippen LogP) is 4.50. The van der Waals surface area contributed by atoms with Gasteiger partial charge in [0.05, 0.1) is 11.0 Å². The summed E-state index contributed by atoms with van der Waals surface area (Å²) < 4.78 is 9.00. The van der Waals surface area contributed by atoms with Crippen molar-refractivity contribution in [2.24, 2.45) is 0 Å². The standard InChI is InChI=1S/C51H37B5N4O/c52-44-41(45(53)47(55)48(56)46(44)54)28-21-23-30(24-22-28)50-57-49(29-11-3-1-4-12-29)58-51(59-50)35-17-10-20-40-43(35)42-33(16-9-19-39(42)61-40)31-25-26-38-36(27-31)34-15-7-8-18-37(34)60(38)32-13-5-2-6-14-32/h1-27H,52-56H2. The molecule has 10 heteroatoms. The molecule has 0 aliphatic carbocycles. The van der Waals surface area contributed by atoms with Crippen molar-refractivity contribution in [2.45, 2.75) is 0 Å². The maximum atomic E-state index is 6.65. The van der Waals surface area contributed by atoms with Gasteiger partial charge in [0.2, 0.25) is 0 Å². The van der Waals surface area contributed by atoms with E-state index in [1.807, 2.05) is 30.3 Å². The largest absolute Gasteiger partial charge is 0.456 e. The summed E-state index contributed by atoms with van der Waals surface area (Å²) in [6, 6.07) is 57.4. The number of benzene rings is 8. The molecule has 11 aromatic rings. The molecule has 11 rings (SSSR count). The number of hydrogen-bond acceptors (Lipinski definition) is 4. The molecule has 8 aromatic carbocycles. The highest BCUT2D eigenvalue weighted by Crippen LogP contribution is 2.43. The molecular weight excluding hydrogens is 739 g/mol. The van der Waals surface area contributed by atoms with E-state index in [0.29, 0.717) is 17.5 Å². The van der Waals surface area contributed by atoms with E-state index in [1.54, 1.807) is 0 Å². The quantitative estimate of drug-likeness (QED) is 0.234. The van der Waals surface area contributed by atoms with Crippen LogP contribution < -0.4 is 27.3 Å². The summed E-state index contributed by atoms with van der Waals surface area (Å²) in [6.07, 6.45) is 0. The lowest BCUT2D eigenvalue weighted by molar-refractivity contribution is 0.669. The van der Waals surface area contributed by atoms with Crippen molar-refractivity contribution in [3.63, 3.8) is 0 Å². The van der Waals surface area contributed by atoms with E-state index < -0.39 is 0 Å². The Bertz CT molecular complexity index is 3500. The molecule has 61 heavy (non-hydrogen) atoms. The highest BCUT2D eigenvalue weighted by atomic mass is 16.3. The molecule has 3 heterocycles. The lowest BCUT2D eigenvalue weighted by Gasteiger charge is -2.20. The first-order valence-corrected chi connectivity index (χ1v) is 20.9. The predicted molar refractivity (Wildman–Crippen MR) is 270 cm³/mol. The van der Waals surface area contributed by atoms with Gasteiger partial charge in [-0.3, -0.25) is 0 Å². The van der Waals surface area contributed by atoms with Crippen LogP contribution in [-0.4, -0.2) is 58.8 Å². The Hall–Kier alpha value is -7.31. The van der Waals surface area contributed by atoms with Crippen LogP contribution in [-0.2, 0) is 0 Å². The Morgan fingerprint density at radius 2 is 0.885 bits per heavy atom. The maximum absolute atomic E-state index is 6.65. The summed E-state index contributed by atoms with van der Waals surface area (Å²) in [7, 11) is 11.1. The first-order chi connectivity index (χ1) is 29.8. The molecule has 0 amide bonds. The summed E-state index contributed by atoms with van der Waals surface area (Å²) in [5.74, 6) is 1.82. The first kappa shape index (κ1) is 36.8. The van der Waals surface area contributed by atoms with Crippen LogP contribution >= 0.6 is 0 Å². The maximum Gasteiger partial charge on any atom is 0.164 e. The molecule has 0 saturated carbocycles. The molecule has 0 unspecified atom stereocenters. The van der Waals surface area contributed by atoms with Crippen LogP contribution in [0.3, 0.4) is 0 Å². The highest BCUT2D eigenvalue weighted by Gasteiger charge is 2.22. The van der Waals surface area contributed by atoms with E-state index in [-0.39, 0.29) is 0 Å². The van der Waals surface area contributed by atoms with E-state index in [1.165, 1.54) is 54.7 Å². The smallest absolute Gasteiger partial charge is 0.164 e. The van der Waals surface area contributed by atoms with Crippen molar-refractivity contribution in [1.29, 1.82) is 0 Å². The number of aromatic nitrogens is 4. The number of furan rings is 1. The molecule has 3 aromatic heterocycles. The van der Waals surface area contributed by atoms with E-state index in [4.69, 9.17) is 19.4 Å². The van der Waals surface area contributed by atoms with Crippen LogP contribution in [0.2, 0.25) is 0 Å². The van der Waals surface area contributed by atoms with Gasteiger partial charge in [0, 0.05) is 43.9 Å². The average molecular weight is 776 g/mol.